The molecule has 0 aliphatic rings. The molecule has 122 valence electrons. The van der Waals surface area contributed by atoms with Crippen LogP contribution in [0.3, 0.4) is 0 Å². The van der Waals surface area contributed by atoms with Crippen molar-refractivity contribution in [3.05, 3.63) is 78.1 Å². The second-order valence-electron chi connectivity index (χ2n) is 5.57. The van der Waals surface area contributed by atoms with Crippen molar-refractivity contribution in [3.63, 3.8) is 0 Å². The van der Waals surface area contributed by atoms with Crippen molar-refractivity contribution in [3.8, 4) is 11.4 Å². The fraction of sp³-hybridized carbons (Fsp3) is 0.0526. The molecule has 0 N–H and O–H groups in total. The number of aromatic nitrogens is 4. The molecule has 0 bridgehead atoms. The maximum absolute atomic E-state index is 12.4. The van der Waals surface area contributed by atoms with Gasteiger partial charge in [-0.1, -0.05) is 18.2 Å². The summed E-state index contributed by atoms with van der Waals surface area (Å²) in [5.41, 5.74) is 3.60. The first-order valence-electron chi connectivity index (χ1n) is 7.76. The van der Waals surface area contributed by atoms with E-state index in [9.17, 15) is 4.79 Å². The lowest BCUT2D eigenvalue weighted by atomic mass is 10.2. The van der Waals surface area contributed by atoms with Gasteiger partial charge in [-0.3, -0.25) is 4.98 Å². The van der Waals surface area contributed by atoms with E-state index in [1.165, 1.54) is 4.80 Å². The van der Waals surface area contributed by atoms with Crippen LogP contribution < -0.4 is 4.74 Å². The summed E-state index contributed by atoms with van der Waals surface area (Å²) >= 11 is 0. The molecule has 0 spiro atoms. The van der Waals surface area contributed by atoms with Gasteiger partial charge in [0.25, 0.3) is 0 Å². The van der Waals surface area contributed by atoms with E-state index in [4.69, 9.17) is 4.74 Å². The topological polar surface area (TPSA) is 69.9 Å². The predicted molar refractivity (Wildman–Crippen MR) is 92.8 cm³/mol. The molecule has 0 saturated carbocycles. The number of hydrogen-bond donors (Lipinski definition) is 0. The first kappa shape index (κ1) is 15.0. The zero-order valence-electron chi connectivity index (χ0n) is 13.5. The molecule has 6 heteroatoms. The van der Waals surface area contributed by atoms with Gasteiger partial charge in [-0.15, -0.1) is 15.0 Å². The molecule has 0 radical (unpaired) electrons. The van der Waals surface area contributed by atoms with Crippen LogP contribution in [0.2, 0.25) is 0 Å². The summed E-state index contributed by atoms with van der Waals surface area (Å²) in [6.45, 7) is 1.96. The van der Waals surface area contributed by atoms with Crippen LogP contribution in [0.25, 0.3) is 16.7 Å². The number of benzene rings is 2. The Bertz CT molecular complexity index is 1020. The van der Waals surface area contributed by atoms with E-state index in [1.807, 2.05) is 43.3 Å². The van der Waals surface area contributed by atoms with E-state index in [1.54, 1.807) is 30.6 Å². The number of pyridine rings is 1. The Kier molecular flexibility index (Phi) is 3.70. The first-order valence-corrected chi connectivity index (χ1v) is 7.76. The molecule has 0 unspecified atom stereocenters. The fourth-order valence-electron chi connectivity index (χ4n) is 2.48. The van der Waals surface area contributed by atoms with E-state index in [0.717, 1.165) is 16.6 Å². The average Bonchev–Trinajstić information content (AvgIpc) is 3.08. The maximum atomic E-state index is 12.4. The number of esters is 1. The first-order chi connectivity index (χ1) is 12.2. The van der Waals surface area contributed by atoms with E-state index in [2.05, 4.69) is 15.2 Å². The van der Waals surface area contributed by atoms with Crippen LogP contribution in [0, 0.1) is 6.92 Å². The van der Waals surface area contributed by atoms with Gasteiger partial charge in [0, 0.05) is 12.4 Å². The minimum absolute atomic E-state index is 0.396. The molecule has 0 aliphatic heterocycles. The van der Waals surface area contributed by atoms with Gasteiger partial charge in [0.15, 0.2) is 5.75 Å². The summed E-state index contributed by atoms with van der Waals surface area (Å²) in [5, 5.41) is 8.94. The molecule has 4 rings (SSSR count). The lowest BCUT2D eigenvalue weighted by molar-refractivity contribution is 0.0734. The molecule has 0 amide bonds. The Balaban J connectivity index is 1.75. The highest BCUT2D eigenvalue weighted by Gasteiger charge is 2.15. The highest BCUT2D eigenvalue weighted by Crippen LogP contribution is 2.25. The third-order valence-corrected chi connectivity index (χ3v) is 3.74. The Morgan fingerprint density at radius 1 is 0.960 bits per heavy atom. The number of carbonyl (C=O) groups excluding carboxylic acids is 1. The van der Waals surface area contributed by atoms with E-state index in [0.29, 0.717) is 17.0 Å². The highest BCUT2D eigenvalue weighted by atomic mass is 16.5. The fourth-order valence-corrected chi connectivity index (χ4v) is 2.48. The van der Waals surface area contributed by atoms with Gasteiger partial charge in [-0.25, -0.2) is 4.79 Å². The van der Waals surface area contributed by atoms with Crippen LogP contribution in [0.4, 0.5) is 0 Å². The van der Waals surface area contributed by atoms with Crippen LogP contribution in [0.1, 0.15) is 15.9 Å². The molecule has 2 heterocycles. The summed E-state index contributed by atoms with van der Waals surface area (Å²) in [4.78, 5) is 17.8. The Morgan fingerprint density at radius 3 is 2.32 bits per heavy atom. The van der Waals surface area contributed by atoms with Crippen LogP contribution in [0.15, 0.2) is 67.0 Å². The zero-order valence-corrected chi connectivity index (χ0v) is 13.5. The summed E-state index contributed by atoms with van der Waals surface area (Å²) in [5.74, 6) is -0.0584. The largest absolute Gasteiger partial charge is 0.421 e. The summed E-state index contributed by atoms with van der Waals surface area (Å²) in [7, 11) is 0. The number of fused-ring (bicyclic) bond motifs is 1. The van der Waals surface area contributed by atoms with Crippen molar-refractivity contribution in [2.45, 2.75) is 6.92 Å². The third-order valence-electron chi connectivity index (χ3n) is 3.74. The van der Waals surface area contributed by atoms with Crippen molar-refractivity contribution in [1.82, 2.24) is 20.0 Å². The molecule has 0 atom stereocenters. The number of ether oxygens (including phenoxy) is 1. The Labute approximate surface area is 143 Å². The number of hydrogen-bond acceptors (Lipinski definition) is 5. The van der Waals surface area contributed by atoms with Crippen LogP contribution in [-0.2, 0) is 0 Å². The molecular weight excluding hydrogens is 316 g/mol. The molecule has 2 aromatic carbocycles. The number of carbonyl (C=O) groups is 1. The van der Waals surface area contributed by atoms with Crippen molar-refractivity contribution in [1.29, 1.82) is 0 Å². The highest BCUT2D eigenvalue weighted by molar-refractivity contribution is 5.91. The van der Waals surface area contributed by atoms with Gasteiger partial charge >= 0.3 is 5.97 Å². The quantitative estimate of drug-likeness (QED) is 0.425. The smallest absolute Gasteiger partial charge is 0.343 e. The van der Waals surface area contributed by atoms with Crippen LogP contribution in [0.5, 0.6) is 5.75 Å². The van der Waals surface area contributed by atoms with Crippen molar-refractivity contribution < 1.29 is 9.53 Å². The van der Waals surface area contributed by atoms with E-state index >= 15 is 0 Å². The molecule has 4 aromatic rings. The second kappa shape index (κ2) is 6.16. The third kappa shape index (κ3) is 2.97. The van der Waals surface area contributed by atoms with Crippen LogP contribution >= 0.6 is 0 Å². The lowest BCUT2D eigenvalue weighted by Crippen LogP contribution is -2.11. The zero-order chi connectivity index (χ0) is 17.2. The van der Waals surface area contributed by atoms with Crippen molar-refractivity contribution in [2.24, 2.45) is 0 Å². The van der Waals surface area contributed by atoms with Gasteiger partial charge in [0.05, 0.1) is 5.56 Å². The monoisotopic (exact) mass is 330 g/mol. The minimum Gasteiger partial charge on any atom is -0.421 e. The standard InChI is InChI=1S/C19H14N4O2/c1-13-6-7-18(25-19(24)14-8-10-20-11-9-14)17(12-13)23-21-15-4-2-3-5-16(15)22-23/h2-12H,1H3. The normalized spacial score (nSPS) is 10.8. The molecule has 25 heavy (non-hydrogen) atoms. The average molecular weight is 330 g/mol. The lowest BCUT2D eigenvalue weighted by Gasteiger charge is -2.10. The van der Waals surface area contributed by atoms with Crippen molar-refractivity contribution >= 4 is 17.0 Å². The molecule has 0 fully saturated rings. The molecule has 2 aromatic heterocycles. The van der Waals surface area contributed by atoms with Gasteiger partial charge < -0.3 is 4.74 Å². The van der Waals surface area contributed by atoms with E-state index in [-0.39, 0.29) is 0 Å². The minimum atomic E-state index is -0.454. The maximum Gasteiger partial charge on any atom is 0.343 e. The molecule has 0 saturated heterocycles. The second-order valence-corrected chi connectivity index (χ2v) is 5.57. The molecule has 6 nitrogen and oxygen atoms in total. The van der Waals surface area contributed by atoms with Gasteiger partial charge in [0.2, 0.25) is 0 Å². The van der Waals surface area contributed by atoms with Gasteiger partial charge in [-0.05, 0) is 48.9 Å². The van der Waals surface area contributed by atoms with Gasteiger partial charge in [0.1, 0.15) is 16.7 Å². The SMILES string of the molecule is Cc1ccc(OC(=O)c2ccncc2)c(-n2nc3ccccc3n2)c1. The Hall–Kier alpha value is -3.54. The molecular formula is C19H14N4O2. The van der Waals surface area contributed by atoms with Gasteiger partial charge in [-0.2, -0.15) is 0 Å². The Morgan fingerprint density at radius 2 is 1.64 bits per heavy atom. The van der Waals surface area contributed by atoms with Crippen molar-refractivity contribution in [2.75, 3.05) is 0 Å². The predicted octanol–water partition coefficient (Wildman–Crippen LogP) is 3.34. The summed E-state index contributed by atoms with van der Waals surface area (Å²) in [6.07, 6.45) is 3.10. The molecule has 0 aliphatic carbocycles. The van der Waals surface area contributed by atoms with E-state index < -0.39 is 5.97 Å². The number of aryl methyl sites for hydroxylation is 1. The summed E-state index contributed by atoms with van der Waals surface area (Å²) < 4.78 is 5.57. The number of nitrogens with zero attached hydrogens (tertiary/aromatic N) is 4. The number of rotatable bonds is 3. The van der Waals surface area contributed by atoms with Crippen LogP contribution in [-0.4, -0.2) is 25.9 Å². The summed E-state index contributed by atoms with van der Waals surface area (Å²) in [6, 6.07) is 16.3.